The molecule has 0 saturated carbocycles. The van der Waals surface area contributed by atoms with E-state index in [1.54, 1.807) is 27.7 Å². The van der Waals surface area contributed by atoms with Crippen LogP contribution in [-0.4, -0.2) is 107 Å². The molecule has 0 aromatic heterocycles. The van der Waals surface area contributed by atoms with Crippen LogP contribution in [0.4, 0.5) is 0 Å². The number of hydrogen-bond donors (Lipinski definition) is 0. The molecule has 0 fully saturated rings. The summed E-state index contributed by atoms with van der Waals surface area (Å²) in [6, 6.07) is 0. The Balaban J connectivity index is -0.00000264. The Morgan fingerprint density at radius 2 is 0.731 bits per heavy atom. The summed E-state index contributed by atoms with van der Waals surface area (Å²) in [5.74, 6) is -2.49. The fraction of sp³-hybridized carbons (Fsp3) is 0.714. The van der Waals surface area contributed by atoms with Gasteiger partial charge in [0.25, 0.3) is 0 Å². The maximum Gasteiger partial charge on any atom is 0.328 e. The van der Waals surface area contributed by atoms with Crippen molar-refractivity contribution in [1.82, 2.24) is 10.5 Å². The molecular weight excluding hydrogens is 370 g/mol. The van der Waals surface area contributed by atoms with E-state index in [0.29, 0.717) is 10.5 Å². The van der Waals surface area contributed by atoms with Gasteiger partial charge in [-0.15, -0.1) is 0 Å². The van der Waals surface area contributed by atoms with Crippen LogP contribution in [0.1, 0.15) is 53.4 Å². The molecule has 0 atom stereocenters. The van der Waals surface area contributed by atoms with Crippen LogP contribution in [0, 0.1) is 0 Å². The molecule has 0 N–H and O–H groups in total. The van der Waals surface area contributed by atoms with Gasteiger partial charge in [-0.1, -0.05) is 27.7 Å². The van der Waals surface area contributed by atoms with Crippen LogP contribution >= 0.6 is 0 Å². The monoisotopic (exact) mass is 394 g/mol. The fourth-order valence-corrected chi connectivity index (χ4v) is 1.10. The zero-order valence-corrected chi connectivity index (χ0v) is 20.4. The number of carbonyl (C=O) groups is 4. The van der Waals surface area contributed by atoms with Crippen molar-refractivity contribution in [3.63, 3.8) is 0 Å². The van der Waals surface area contributed by atoms with E-state index in [-0.39, 0.29) is 97.9 Å². The summed E-state index contributed by atoms with van der Waals surface area (Å²) >= 11 is 0. The van der Waals surface area contributed by atoms with Crippen LogP contribution in [0.3, 0.4) is 0 Å². The Hall–Kier alpha value is -0.200. The normalized spacial score (nSPS) is 9.62. The van der Waals surface area contributed by atoms with Gasteiger partial charge in [-0.2, -0.15) is 0 Å². The molecule has 0 saturated heterocycles. The van der Waals surface area contributed by atoms with Crippen molar-refractivity contribution in [3.8, 4) is 0 Å². The van der Waals surface area contributed by atoms with Crippen LogP contribution < -0.4 is 0 Å². The molecule has 0 amide bonds. The van der Waals surface area contributed by atoms with Crippen LogP contribution in [0.5, 0.6) is 0 Å². The second-order valence-electron chi connectivity index (χ2n) is 4.38. The molecule has 0 rings (SSSR count). The van der Waals surface area contributed by atoms with E-state index >= 15 is 0 Å². The van der Waals surface area contributed by atoms with Gasteiger partial charge in [0.05, 0.1) is 13.1 Å². The van der Waals surface area contributed by atoms with Gasteiger partial charge in [-0.3, -0.25) is 19.2 Å². The Morgan fingerprint density at radius 3 is 0.885 bits per heavy atom. The minimum Gasteiger partial charge on any atom is -0.333 e. The molecule has 0 bridgehead atoms. The van der Waals surface area contributed by atoms with Gasteiger partial charge in [0.2, 0.25) is 0 Å². The van der Waals surface area contributed by atoms with E-state index in [1.165, 1.54) is 0 Å². The molecule has 0 aromatic carbocycles. The maximum atomic E-state index is 11.3. The van der Waals surface area contributed by atoms with Crippen LogP contribution in [0.25, 0.3) is 0 Å². The quantitative estimate of drug-likeness (QED) is 0.358. The molecule has 0 aromatic rings. The molecule has 2 radical (unpaired) electrons. The predicted octanol–water partition coefficient (Wildman–Crippen LogP) is 0.302. The molecule has 12 heteroatoms. The second kappa shape index (κ2) is 18.2. The molecule has 0 unspecified atom stereocenters. The van der Waals surface area contributed by atoms with Crippen molar-refractivity contribution in [2.45, 2.75) is 53.4 Å². The third kappa shape index (κ3) is 14.9. The predicted molar refractivity (Wildman–Crippen MR) is 90.5 cm³/mol. The smallest absolute Gasteiger partial charge is 0.328 e. The summed E-state index contributed by atoms with van der Waals surface area (Å²) < 4.78 is 0. The summed E-state index contributed by atoms with van der Waals surface area (Å²) in [4.78, 5) is 64.7. The molecule has 0 aliphatic heterocycles. The molecule has 10 nitrogen and oxygen atoms in total. The van der Waals surface area contributed by atoms with Gasteiger partial charge < -0.3 is 19.4 Å². The van der Waals surface area contributed by atoms with Crippen molar-refractivity contribution < 1.29 is 38.5 Å². The number of nitrogens with zero attached hydrogens (tertiary/aromatic N) is 2. The molecule has 0 aliphatic rings. The van der Waals surface area contributed by atoms with E-state index in [2.05, 4.69) is 0 Å². The van der Waals surface area contributed by atoms with Gasteiger partial charge >= 0.3 is 23.9 Å². The van der Waals surface area contributed by atoms with Gasteiger partial charge in [-0.05, 0) is 0 Å². The van der Waals surface area contributed by atoms with E-state index in [1.807, 2.05) is 0 Å². The SMILES string of the molecule is CCC(=O)ON(CCN(OC(=O)CC)OC(=O)CC)OC(=O)CC.[Na].[Na]. The second-order valence-corrected chi connectivity index (χ2v) is 4.38. The van der Waals surface area contributed by atoms with E-state index in [0.717, 1.165) is 0 Å². The van der Waals surface area contributed by atoms with Crippen molar-refractivity contribution in [2.75, 3.05) is 13.1 Å². The standard InChI is InChI=1S/C14H24N2O8.2Na/c1-5-11(17)21-15(22-12(18)6-2)9-10-16(23-13(19)7-3)24-14(20)8-4;;/h5-10H2,1-4H3;;. The number of carbonyl (C=O) groups excluding carboxylic acids is 4. The largest absolute Gasteiger partial charge is 0.333 e. The third-order valence-corrected chi connectivity index (χ3v) is 2.43. The number of hydroxylamine groups is 4. The molecule has 140 valence electrons. The maximum absolute atomic E-state index is 11.3. The molecule has 0 heterocycles. The topological polar surface area (TPSA) is 112 Å². The average Bonchev–Trinajstić information content (AvgIpc) is 2.58. The first-order valence-corrected chi connectivity index (χ1v) is 7.74. The zero-order valence-electron chi connectivity index (χ0n) is 16.4. The summed E-state index contributed by atoms with van der Waals surface area (Å²) in [7, 11) is 0. The van der Waals surface area contributed by atoms with Gasteiger partial charge in [-0.25, -0.2) is 0 Å². The molecule has 0 aliphatic carbocycles. The van der Waals surface area contributed by atoms with Gasteiger partial charge in [0.15, 0.2) is 0 Å². The van der Waals surface area contributed by atoms with Crippen molar-refractivity contribution >= 4 is 83.0 Å². The van der Waals surface area contributed by atoms with Gasteiger partial charge in [0.1, 0.15) is 0 Å². The first kappa shape index (κ1) is 30.5. The molecule has 26 heavy (non-hydrogen) atoms. The Morgan fingerprint density at radius 1 is 0.538 bits per heavy atom. The summed E-state index contributed by atoms with van der Waals surface area (Å²) in [5.41, 5.74) is 0. The summed E-state index contributed by atoms with van der Waals surface area (Å²) in [5, 5.41) is 1.31. The minimum atomic E-state index is -0.624. The van der Waals surface area contributed by atoms with Crippen molar-refractivity contribution in [1.29, 1.82) is 0 Å². The Bertz CT molecular complexity index is 375. The Labute approximate surface area is 197 Å². The summed E-state index contributed by atoms with van der Waals surface area (Å²) in [6.45, 7) is 5.87. The molecular formula is C14H24N2Na2O8. The first-order chi connectivity index (χ1) is 11.4. The van der Waals surface area contributed by atoms with E-state index < -0.39 is 23.9 Å². The molecule has 0 spiro atoms. The zero-order chi connectivity index (χ0) is 18.5. The third-order valence-electron chi connectivity index (χ3n) is 2.43. The van der Waals surface area contributed by atoms with Gasteiger partial charge in [0, 0.05) is 95.3 Å². The number of hydrogen-bond acceptors (Lipinski definition) is 10. The fourth-order valence-electron chi connectivity index (χ4n) is 1.10. The van der Waals surface area contributed by atoms with Crippen LogP contribution in [0.15, 0.2) is 0 Å². The van der Waals surface area contributed by atoms with Crippen LogP contribution in [0.2, 0.25) is 0 Å². The first-order valence-electron chi connectivity index (χ1n) is 7.74. The number of rotatable bonds is 11. The average molecular weight is 394 g/mol. The van der Waals surface area contributed by atoms with Crippen molar-refractivity contribution in [2.24, 2.45) is 0 Å². The van der Waals surface area contributed by atoms with E-state index in [4.69, 9.17) is 19.4 Å². The van der Waals surface area contributed by atoms with Crippen molar-refractivity contribution in [3.05, 3.63) is 0 Å². The summed E-state index contributed by atoms with van der Waals surface area (Å²) in [6.07, 6.45) is 0.276. The van der Waals surface area contributed by atoms with Crippen LogP contribution in [-0.2, 0) is 38.5 Å². The minimum absolute atomic E-state index is 0. The Kier molecular flexibility index (Phi) is 21.3. The van der Waals surface area contributed by atoms with E-state index in [9.17, 15) is 19.2 Å².